The smallest absolute Gasteiger partial charge is 0.474 e. The lowest BCUT2D eigenvalue weighted by atomic mass is 10.0. The maximum Gasteiger partial charge on any atom is 0.474 e. The molecule has 214 valence electrons. The van der Waals surface area contributed by atoms with Crippen LogP contribution in [0.5, 0.6) is 0 Å². The number of rotatable bonds is 26. The third kappa shape index (κ3) is 20.1. The summed E-state index contributed by atoms with van der Waals surface area (Å²) in [7, 11) is -2.81. The van der Waals surface area contributed by atoms with Crippen LogP contribution in [0.4, 0.5) is 0 Å². The molecular formula is C26H52NO8P. The zero-order valence-electron chi connectivity index (χ0n) is 22.9. The molecule has 0 aliphatic carbocycles. The molecular weight excluding hydrogens is 485 g/mol. The summed E-state index contributed by atoms with van der Waals surface area (Å²) in [6.07, 6.45) is 18.8. The Kier molecular flexibility index (Phi) is 22.5. The van der Waals surface area contributed by atoms with Crippen molar-refractivity contribution in [1.29, 1.82) is 0 Å². The molecule has 0 amide bonds. The summed E-state index contributed by atoms with van der Waals surface area (Å²) in [5.74, 6) is -1.54. The third-order valence-electron chi connectivity index (χ3n) is 6.10. The molecule has 0 spiro atoms. The first-order chi connectivity index (χ1) is 17.3. The summed E-state index contributed by atoms with van der Waals surface area (Å²) in [6, 6.07) is -1.36. The second kappa shape index (κ2) is 23.2. The van der Waals surface area contributed by atoms with Gasteiger partial charge in [0.15, 0.2) is 0 Å². The van der Waals surface area contributed by atoms with E-state index < -0.39 is 25.9 Å². The number of aliphatic carboxylic acids is 1. The van der Waals surface area contributed by atoms with Crippen LogP contribution in [-0.2, 0) is 32.5 Å². The van der Waals surface area contributed by atoms with E-state index in [2.05, 4.69) is 6.92 Å². The van der Waals surface area contributed by atoms with Gasteiger partial charge in [0, 0.05) is 20.0 Å². The van der Waals surface area contributed by atoms with Crippen LogP contribution in [0.3, 0.4) is 0 Å². The molecule has 0 heterocycles. The summed E-state index contributed by atoms with van der Waals surface area (Å²) < 4.78 is 32.5. The number of hydrogen-bond donors (Lipinski definition) is 2. The lowest BCUT2D eigenvalue weighted by Crippen LogP contribution is -2.41. The van der Waals surface area contributed by atoms with Gasteiger partial charge in [-0.1, -0.05) is 96.8 Å². The van der Waals surface area contributed by atoms with Crippen molar-refractivity contribution >= 4 is 19.8 Å². The minimum absolute atomic E-state index is 0.0353. The van der Waals surface area contributed by atoms with Gasteiger partial charge in [-0.05, 0) is 13.3 Å². The normalized spacial score (nSPS) is 14.8. The minimum Gasteiger partial charge on any atom is -0.480 e. The summed E-state index contributed by atoms with van der Waals surface area (Å²) in [6.45, 7) is 3.72. The molecule has 0 radical (unpaired) electrons. The molecule has 3 N–H and O–H groups in total. The van der Waals surface area contributed by atoms with E-state index in [0.29, 0.717) is 12.8 Å². The van der Waals surface area contributed by atoms with Gasteiger partial charge < -0.3 is 15.6 Å². The van der Waals surface area contributed by atoms with E-state index in [4.69, 9.17) is 29.1 Å². The topological polar surface area (TPSA) is 134 Å². The fourth-order valence-corrected chi connectivity index (χ4v) is 4.87. The number of unbranched alkanes of at least 4 members (excludes halogenated alkanes) is 14. The molecule has 36 heavy (non-hydrogen) atoms. The molecule has 9 nitrogen and oxygen atoms in total. The third-order valence-corrected chi connectivity index (χ3v) is 7.63. The molecule has 10 heteroatoms. The molecule has 0 fully saturated rings. The predicted octanol–water partition coefficient (Wildman–Crippen LogP) is 6.77. The number of carboxylic acids is 1. The van der Waals surface area contributed by atoms with E-state index in [1.165, 1.54) is 84.0 Å². The largest absolute Gasteiger partial charge is 0.480 e. The molecule has 3 atom stereocenters. The van der Waals surface area contributed by atoms with Gasteiger partial charge in [-0.2, -0.15) is 0 Å². The first-order valence-corrected chi connectivity index (χ1v) is 15.3. The van der Waals surface area contributed by atoms with Crippen molar-refractivity contribution in [2.75, 3.05) is 20.3 Å². The number of carboxylic acid groups (broad SMARTS) is 1. The summed E-state index contributed by atoms with van der Waals surface area (Å²) in [5.41, 5.74) is 5.43. The van der Waals surface area contributed by atoms with Gasteiger partial charge in [-0.25, -0.2) is 4.57 Å². The number of hydrogen-bond acceptors (Lipinski definition) is 8. The molecule has 0 saturated heterocycles. The SMILES string of the molecule is CCCCCCCCCCCCCCCCCC(=O)OCCCOP(=O)(OC)O[C@H](C)[C@H](N)C(=O)O. The Morgan fingerprint density at radius 3 is 1.72 bits per heavy atom. The van der Waals surface area contributed by atoms with Crippen LogP contribution in [0.2, 0.25) is 0 Å². The number of carbonyl (C=O) groups is 2. The van der Waals surface area contributed by atoms with Gasteiger partial charge in [-0.3, -0.25) is 23.2 Å². The van der Waals surface area contributed by atoms with Crippen molar-refractivity contribution in [2.24, 2.45) is 5.73 Å². The minimum atomic E-state index is -3.94. The van der Waals surface area contributed by atoms with Crippen molar-refractivity contribution in [2.45, 2.75) is 135 Å². The quantitative estimate of drug-likeness (QED) is 0.0696. The Morgan fingerprint density at radius 2 is 1.28 bits per heavy atom. The standard InChI is InChI=1S/C26H52NO8P/c1-4-5-6-7-8-9-10-11-12-13-14-15-16-17-18-20-24(28)33-21-19-22-34-36(31,32-3)35-23(2)25(27)26(29)30/h23,25H,4-22,27H2,1-3H3,(H,29,30)/t23-,25+,36?/m1/s1. The van der Waals surface area contributed by atoms with Crippen molar-refractivity contribution < 1.29 is 37.6 Å². The Labute approximate surface area is 218 Å². The molecule has 0 saturated carbocycles. The van der Waals surface area contributed by atoms with Gasteiger partial charge >= 0.3 is 19.8 Å². The van der Waals surface area contributed by atoms with Crippen LogP contribution in [0.25, 0.3) is 0 Å². The monoisotopic (exact) mass is 537 g/mol. The number of phosphoric acid groups is 1. The van der Waals surface area contributed by atoms with Crippen molar-refractivity contribution in [3.05, 3.63) is 0 Å². The van der Waals surface area contributed by atoms with E-state index in [-0.39, 0.29) is 19.2 Å². The van der Waals surface area contributed by atoms with Gasteiger partial charge in [0.25, 0.3) is 0 Å². The summed E-state index contributed by atoms with van der Waals surface area (Å²) in [4.78, 5) is 22.7. The van der Waals surface area contributed by atoms with E-state index in [0.717, 1.165) is 26.4 Å². The Morgan fingerprint density at radius 1 is 0.806 bits per heavy atom. The maximum absolute atomic E-state index is 12.4. The number of nitrogens with two attached hydrogens (primary N) is 1. The molecule has 0 aliphatic heterocycles. The predicted molar refractivity (Wildman–Crippen MR) is 142 cm³/mol. The number of carbonyl (C=O) groups excluding carboxylic acids is 1. The van der Waals surface area contributed by atoms with Crippen LogP contribution in [0, 0.1) is 0 Å². The van der Waals surface area contributed by atoms with Gasteiger partial charge in [-0.15, -0.1) is 0 Å². The van der Waals surface area contributed by atoms with E-state index >= 15 is 0 Å². The van der Waals surface area contributed by atoms with Crippen molar-refractivity contribution in [3.63, 3.8) is 0 Å². The van der Waals surface area contributed by atoms with E-state index in [9.17, 15) is 14.2 Å². The Bertz CT molecular complexity index is 604. The highest BCUT2D eigenvalue weighted by molar-refractivity contribution is 7.48. The number of phosphoric ester groups is 1. The van der Waals surface area contributed by atoms with Crippen LogP contribution < -0.4 is 5.73 Å². The second-order valence-corrected chi connectivity index (χ2v) is 11.1. The fourth-order valence-electron chi connectivity index (χ4n) is 3.73. The van der Waals surface area contributed by atoms with Gasteiger partial charge in [0.1, 0.15) is 6.04 Å². The highest BCUT2D eigenvalue weighted by Crippen LogP contribution is 2.50. The highest BCUT2D eigenvalue weighted by Gasteiger charge is 2.32. The molecule has 0 aromatic rings. The first-order valence-electron chi connectivity index (χ1n) is 13.9. The first kappa shape index (κ1) is 35.0. The molecule has 0 aromatic carbocycles. The van der Waals surface area contributed by atoms with Crippen molar-refractivity contribution in [3.8, 4) is 0 Å². The van der Waals surface area contributed by atoms with Gasteiger partial charge in [0.05, 0.1) is 19.3 Å². The molecule has 0 bridgehead atoms. The average molecular weight is 538 g/mol. The zero-order chi connectivity index (χ0) is 27.1. The molecule has 1 unspecified atom stereocenters. The fraction of sp³-hybridized carbons (Fsp3) is 0.923. The molecule has 0 aliphatic rings. The molecule has 0 rings (SSSR count). The summed E-state index contributed by atoms with van der Waals surface area (Å²) in [5, 5.41) is 8.88. The van der Waals surface area contributed by atoms with Crippen molar-refractivity contribution in [1.82, 2.24) is 0 Å². The second-order valence-electron chi connectivity index (χ2n) is 9.41. The Balaban J connectivity index is 3.59. The average Bonchev–Trinajstić information content (AvgIpc) is 2.85. The zero-order valence-corrected chi connectivity index (χ0v) is 23.8. The maximum atomic E-state index is 12.4. The van der Waals surface area contributed by atoms with Crippen LogP contribution in [-0.4, -0.2) is 49.5 Å². The van der Waals surface area contributed by atoms with E-state index in [1.54, 1.807) is 0 Å². The van der Waals surface area contributed by atoms with Crippen LogP contribution in [0.15, 0.2) is 0 Å². The van der Waals surface area contributed by atoms with E-state index in [1.807, 2.05) is 0 Å². The van der Waals surface area contributed by atoms with Gasteiger partial charge in [0.2, 0.25) is 0 Å². The number of ether oxygens (including phenoxy) is 1. The Hall–Kier alpha value is -0.990. The van der Waals surface area contributed by atoms with Crippen LogP contribution >= 0.6 is 7.82 Å². The molecule has 0 aromatic heterocycles. The lowest BCUT2D eigenvalue weighted by molar-refractivity contribution is -0.144. The number of esters is 1. The highest BCUT2D eigenvalue weighted by atomic mass is 31.2. The summed E-state index contributed by atoms with van der Waals surface area (Å²) >= 11 is 0. The van der Waals surface area contributed by atoms with Crippen LogP contribution in [0.1, 0.15) is 123 Å². The lowest BCUT2D eigenvalue weighted by Gasteiger charge is -2.22.